The monoisotopic (exact) mass is 295 g/mol. The fourth-order valence-electron chi connectivity index (χ4n) is 1.62. The topological polar surface area (TPSA) is 34.4 Å². The predicted octanol–water partition coefficient (Wildman–Crippen LogP) is 3.97. The molecule has 1 heterocycles. The molecule has 3 nitrogen and oxygen atoms in total. The smallest absolute Gasteiger partial charge is 0.136 e. The van der Waals surface area contributed by atoms with Gasteiger partial charge in [-0.2, -0.15) is 0 Å². The normalized spacial score (nSPS) is 10.3. The number of hydrogen-bond donors (Lipinski definition) is 1. The molecular formula is C13H14BrNO2. The third-order valence-electron chi connectivity index (χ3n) is 2.54. The average Bonchev–Trinajstić information content (AvgIpc) is 2.72. The van der Waals surface area contributed by atoms with Crippen molar-refractivity contribution in [1.29, 1.82) is 0 Å². The van der Waals surface area contributed by atoms with Crippen LogP contribution in [0.2, 0.25) is 0 Å². The fourth-order valence-corrected chi connectivity index (χ4v) is 1.96. The maximum absolute atomic E-state index is 5.33. The molecule has 90 valence electrons. The van der Waals surface area contributed by atoms with Crippen LogP contribution in [0, 0.1) is 6.92 Å². The maximum atomic E-state index is 5.33. The molecule has 2 aromatic rings. The molecule has 2 rings (SSSR count). The van der Waals surface area contributed by atoms with E-state index < -0.39 is 0 Å². The molecule has 17 heavy (non-hydrogen) atoms. The van der Waals surface area contributed by atoms with Crippen LogP contribution in [0.4, 0.5) is 5.69 Å². The van der Waals surface area contributed by atoms with Gasteiger partial charge in [0.1, 0.15) is 11.5 Å². The minimum Gasteiger partial charge on any atom is -0.496 e. The lowest BCUT2D eigenvalue weighted by Crippen LogP contribution is -1.99. The van der Waals surface area contributed by atoms with Gasteiger partial charge in [-0.05, 0) is 52.7 Å². The summed E-state index contributed by atoms with van der Waals surface area (Å²) in [7, 11) is 1.68. The molecule has 1 aromatic heterocycles. The van der Waals surface area contributed by atoms with Gasteiger partial charge in [0.15, 0.2) is 0 Å². The van der Waals surface area contributed by atoms with E-state index in [1.807, 2.05) is 25.1 Å². The maximum Gasteiger partial charge on any atom is 0.136 e. The zero-order valence-electron chi connectivity index (χ0n) is 9.79. The minimum atomic E-state index is 0.652. The number of halogens is 1. The molecule has 0 unspecified atom stereocenters. The Hall–Kier alpha value is -1.42. The van der Waals surface area contributed by atoms with E-state index in [1.54, 1.807) is 13.4 Å². The summed E-state index contributed by atoms with van der Waals surface area (Å²) in [6.45, 7) is 2.67. The summed E-state index contributed by atoms with van der Waals surface area (Å²) >= 11 is 3.42. The largest absolute Gasteiger partial charge is 0.496 e. The first-order valence-corrected chi connectivity index (χ1v) is 6.10. The molecular weight excluding hydrogens is 282 g/mol. The summed E-state index contributed by atoms with van der Waals surface area (Å²) in [6, 6.07) is 7.88. The van der Waals surface area contributed by atoms with Crippen molar-refractivity contribution < 1.29 is 9.15 Å². The molecule has 0 radical (unpaired) electrons. The molecule has 0 aliphatic carbocycles. The van der Waals surface area contributed by atoms with Crippen LogP contribution in [0.5, 0.6) is 5.75 Å². The van der Waals surface area contributed by atoms with Crippen molar-refractivity contribution in [2.45, 2.75) is 13.5 Å². The second-order valence-electron chi connectivity index (χ2n) is 3.73. The van der Waals surface area contributed by atoms with Crippen LogP contribution in [0.25, 0.3) is 0 Å². The minimum absolute atomic E-state index is 0.652. The highest BCUT2D eigenvalue weighted by molar-refractivity contribution is 9.10. The number of ether oxygens (including phenoxy) is 1. The van der Waals surface area contributed by atoms with Crippen LogP contribution in [-0.2, 0) is 6.54 Å². The van der Waals surface area contributed by atoms with Crippen molar-refractivity contribution in [1.82, 2.24) is 0 Å². The first-order valence-electron chi connectivity index (χ1n) is 5.31. The summed E-state index contributed by atoms with van der Waals surface area (Å²) in [6.07, 6.45) is 1.67. The lowest BCUT2D eigenvalue weighted by atomic mass is 10.2. The molecule has 1 aromatic carbocycles. The zero-order valence-corrected chi connectivity index (χ0v) is 11.4. The number of methoxy groups -OCH3 is 1. The summed E-state index contributed by atoms with van der Waals surface area (Å²) in [5, 5.41) is 3.30. The van der Waals surface area contributed by atoms with Crippen LogP contribution in [0.3, 0.4) is 0 Å². The van der Waals surface area contributed by atoms with E-state index in [9.17, 15) is 0 Å². The second-order valence-corrected chi connectivity index (χ2v) is 4.58. The highest BCUT2D eigenvalue weighted by Gasteiger charge is 2.04. The molecule has 0 aliphatic heterocycles. The van der Waals surface area contributed by atoms with E-state index in [-0.39, 0.29) is 0 Å². The van der Waals surface area contributed by atoms with Crippen LogP contribution in [0.1, 0.15) is 11.3 Å². The van der Waals surface area contributed by atoms with Crippen molar-refractivity contribution in [3.63, 3.8) is 0 Å². The quantitative estimate of drug-likeness (QED) is 0.927. The number of benzene rings is 1. The van der Waals surface area contributed by atoms with Crippen molar-refractivity contribution in [3.05, 3.63) is 46.3 Å². The van der Waals surface area contributed by atoms with Crippen LogP contribution >= 0.6 is 15.9 Å². The van der Waals surface area contributed by atoms with Gasteiger partial charge in [-0.25, -0.2) is 0 Å². The van der Waals surface area contributed by atoms with E-state index in [4.69, 9.17) is 9.15 Å². The molecule has 1 N–H and O–H groups in total. The van der Waals surface area contributed by atoms with Crippen molar-refractivity contribution in [2.75, 3.05) is 12.4 Å². The Morgan fingerprint density at radius 1 is 1.35 bits per heavy atom. The molecule has 0 spiro atoms. The number of hydrogen-bond acceptors (Lipinski definition) is 3. The first-order chi connectivity index (χ1) is 8.20. The Labute approximate surface area is 109 Å². The Kier molecular flexibility index (Phi) is 3.74. The third-order valence-corrected chi connectivity index (χ3v) is 3.25. The molecule has 0 saturated carbocycles. The van der Waals surface area contributed by atoms with Crippen LogP contribution in [0.15, 0.2) is 39.4 Å². The Bertz CT molecular complexity index is 508. The van der Waals surface area contributed by atoms with Gasteiger partial charge in [-0.3, -0.25) is 0 Å². The highest BCUT2D eigenvalue weighted by atomic mass is 79.9. The fraction of sp³-hybridized carbons (Fsp3) is 0.231. The third kappa shape index (κ3) is 2.82. The van der Waals surface area contributed by atoms with Gasteiger partial charge in [-0.1, -0.05) is 0 Å². The zero-order chi connectivity index (χ0) is 12.3. The van der Waals surface area contributed by atoms with Gasteiger partial charge in [0.25, 0.3) is 0 Å². The van der Waals surface area contributed by atoms with E-state index in [0.29, 0.717) is 6.54 Å². The highest BCUT2D eigenvalue weighted by Crippen LogP contribution is 2.23. The lowest BCUT2D eigenvalue weighted by molar-refractivity contribution is 0.412. The molecule has 0 bridgehead atoms. The number of aryl methyl sites for hydroxylation is 1. The van der Waals surface area contributed by atoms with Gasteiger partial charge in [-0.15, -0.1) is 0 Å². The number of anilines is 1. The molecule has 0 atom stereocenters. The second kappa shape index (κ2) is 5.27. The van der Waals surface area contributed by atoms with Crippen molar-refractivity contribution in [2.24, 2.45) is 0 Å². The van der Waals surface area contributed by atoms with Gasteiger partial charge < -0.3 is 14.5 Å². The van der Waals surface area contributed by atoms with Crippen molar-refractivity contribution >= 4 is 21.6 Å². The summed E-state index contributed by atoms with van der Waals surface area (Å²) in [4.78, 5) is 0. The molecule has 0 aliphatic rings. The Balaban J connectivity index is 2.05. The van der Waals surface area contributed by atoms with Crippen LogP contribution < -0.4 is 10.1 Å². The number of nitrogens with one attached hydrogen (secondary N) is 1. The number of furan rings is 1. The Morgan fingerprint density at radius 2 is 2.18 bits per heavy atom. The summed E-state index contributed by atoms with van der Waals surface area (Å²) in [5.41, 5.74) is 2.16. The SMILES string of the molecule is COc1ccc(NCc2occc2Br)cc1C. The standard InChI is InChI=1S/C13H14BrNO2/c1-9-7-10(3-4-12(9)16-2)15-8-13-11(14)5-6-17-13/h3-7,15H,8H2,1-2H3. The van der Waals surface area contributed by atoms with E-state index in [1.165, 1.54) is 0 Å². The Morgan fingerprint density at radius 3 is 2.76 bits per heavy atom. The number of rotatable bonds is 4. The summed E-state index contributed by atoms with van der Waals surface area (Å²) in [5.74, 6) is 1.79. The molecule has 0 fully saturated rings. The van der Waals surface area contributed by atoms with Gasteiger partial charge in [0, 0.05) is 5.69 Å². The van der Waals surface area contributed by atoms with Crippen molar-refractivity contribution in [3.8, 4) is 5.75 Å². The summed E-state index contributed by atoms with van der Waals surface area (Å²) < 4.78 is 11.5. The molecule has 4 heteroatoms. The molecule has 0 saturated heterocycles. The van der Waals surface area contributed by atoms with E-state index in [0.717, 1.165) is 27.2 Å². The predicted molar refractivity (Wildman–Crippen MR) is 71.5 cm³/mol. The average molecular weight is 296 g/mol. The van der Waals surface area contributed by atoms with Gasteiger partial charge in [0.2, 0.25) is 0 Å². The van der Waals surface area contributed by atoms with E-state index in [2.05, 4.69) is 27.3 Å². The van der Waals surface area contributed by atoms with E-state index >= 15 is 0 Å². The first kappa shape index (κ1) is 12.0. The van der Waals surface area contributed by atoms with Crippen LogP contribution in [-0.4, -0.2) is 7.11 Å². The van der Waals surface area contributed by atoms with Gasteiger partial charge >= 0.3 is 0 Å². The van der Waals surface area contributed by atoms with Gasteiger partial charge in [0.05, 0.1) is 24.4 Å². The molecule has 0 amide bonds. The lowest BCUT2D eigenvalue weighted by Gasteiger charge is -2.09.